The van der Waals surface area contributed by atoms with Crippen molar-refractivity contribution in [1.29, 1.82) is 0 Å². The zero-order chi connectivity index (χ0) is 10.4. The molecule has 1 nitrogen and oxygen atoms in total. The van der Waals surface area contributed by atoms with Crippen LogP contribution in [0.2, 0.25) is 0 Å². The van der Waals surface area contributed by atoms with Crippen LogP contribution in [0, 0.1) is 11.8 Å². The molecule has 0 aliphatic carbocycles. The van der Waals surface area contributed by atoms with Crippen LogP contribution in [0.25, 0.3) is 0 Å². The SMILES string of the molecule is CCC(C)C(C)=N/C(C)=C\C(C)C. The van der Waals surface area contributed by atoms with E-state index in [0.29, 0.717) is 11.8 Å². The van der Waals surface area contributed by atoms with E-state index in [1.54, 1.807) is 0 Å². The molecule has 1 unspecified atom stereocenters. The lowest BCUT2D eigenvalue weighted by molar-refractivity contribution is 0.733. The van der Waals surface area contributed by atoms with Gasteiger partial charge in [-0.1, -0.05) is 33.8 Å². The van der Waals surface area contributed by atoms with E-state index in [9.17, 15) is 0 Å². The van der Waals surface area contributed by atoms with Gasteiger partial charge in [0, 0.05) is 11.4 Å². The van der Waals surface area contributed by atoms with Crippen LogP contribution in [0.5, 0.6) is 0 Å². The maximum Gasteiger partial charge on any atom is 0.0334 e. The first kappa shape index (κ1) is 12.4. The molecule has 0 aromatic rings. The second-order valence-corrected chi connectivity index (χ2v) is 4.11. The molecule has 0 N–H and O–H groups in total. The average Bonchev–Trinajstić information content (AvgIpc) is 2.01. The maximum absolute atomic E-state index is 4.57. The Morgan fingerprint density at radius 2 is 1.77 bits per heavy atom. The summed E-state index contributed by atoms with van der Waals surface area (Å²) in [6, 6.07) is 0. The lowest BCUT2D eigenvalue weighted by Crippen LogP contribution is -2.05. The zero-order valence-corrected chi connectivity index (χ0v) is 9.89. The molecule has 0 aliphatic heterocycles. The topological polar surface area (TPSA) is 12.4 Å². The van der Waals surface area contributed by atoms with Gasteiger partial charge in [-0.3, -0.25) is 4.99 Å². The predicted molar refractivity (Wildman–Crippen MR) is 61.2 cm³/mol. The molecule has 0 rings (SSSR count). The maximum atomic E-state index is 4.57. The van der Waals surface area contributed by atoms with Crippen LogP contribution in [-0.4, -0.2) is 5.71 Å². The minimum Gasteiger partial charge on any atom is -0.263 e. The normalized spacial score (nSPS) is 16.5. The van der Waals surface area contributed by atoms with Crippen LogP contribution in [0.1, 0.15) is 48.0 Å². The van der Waals surface area contributed by atoms with Gasteiger partial charge in [0.05, 0.1) is 0 Å². The van der Waals surface area contributed by atoms with Crippen molar-refractivity contribution in [2.24, 2.45) is 16.8 Å². The molecule has 0 radical (unpaired) electrons. The molecule has 13 heavy (non-hydrogen) atoms. The second-order valence-electron chi connectivity index (χ2n) is 4.11. The van der Waals surface area contributed by atoms with E-state index in [-0.39, 0.29) is 0 Å². The van der Waals surface area contributed by atoms with Gasteiger partial charge in [0.1, 0.15) is 0 Å². The molecule has 0 bridgehead atoms. The quantitative estimate of drug-likeness (QED) is 0.580. The Hall–Kier alpha value is -0.590. The van der Waals surface area contributed by atoms with Crippen LogP contribution in [0.15, 0.2) is 16.8 Å². The number of hydrogen-bond acceptors (Lipinski definition) is 1. The Kier molecular flexibility index (Phi) is 5.68. The van der Waals surface area contributed by atoms with Gasteiger partial charge in [0.15, 0.2) is 0 Å². The molecule has 76 valence electrons. The summed E-state index contributed by atoms with van der Waals surface area (Å²) in [5.74, 6) is 1.20. The van der Waals surface area contributed by atoms with Crippen molar-refractivity contribution < 1.29 is 0 Å². The van der Waals surface area contributed by atoms with Gasteiger partial charge in [0.2, 0.25) is 0 Å². The molecular weight excluding hydrogens is 158 g/mol. The smallest absolute Gasteiger partial charge is 0.0334 e. The second kappa shape index (κ2) is 5.95. The van der Waals surface area contributed by atoms with E-state index >= 15 is 0 Å². The van der Waals surface area contributed by atoms with Crippen molar-refractivity contribution in [3.8, 4) is 0 Å². The van der Waals surface area contributed by atoms with Crippen molar-refractivity contribution in [2.45, 2.75) is 48.0 Å². The lowest BCUT2D eigenvalue weighted by Gasteiger charge is -2.08. The van der Waals surface area contributed by atoms with Gasteiger partial charge in [-0.25, -0.2) is 0 Å². The molecule has 0 aromatic carbocycles. The van der Waals surface area contributed by atoms with Crippen LogP contribution in [0.3, 0.4) is 0 Å². The summed E-state index contributed by atoms with van der Waals surface area (Å²) in [6.45, 7) is 13.0. The van der Waals surface area contributed by atoms with Gasteiger partial charge in [0.25, 0.3) is 0 Å². The van der Waals surface area contributed by atoms with Crippen molar-refractivity contribution in [1.82, 2.24) is 0 Å². The standard InChI is InChI=1S/C12H23N/c1-7-10(4)12(6)13-11(5)8-9(2)3/h8-10H,7H2,1-6H3/b11-8-,13-12?. The largest absolute Gasteiger partial charge is 0.263 e. The fourth-order valence-electron chi connectivity index (χ4n) is 1.20. The first-order chi connectivity index (χ1) is 5.97. The molecule has 0 spiro atoms. The number of nitrogens with zero attached hydrogens (tertiary/aromatic N) is 1. The molecule has 0 saturated heterocycles. The number of hydrogen-bond donors (Lipinski definition) is 0. The monoisotopic (exact) mass is 181 g/mol. The zero-order valence-electron chi connectivity index (χ0n) is 9.89. The van der Waals surface area contributed by atoms with Crippen LogP contribution >= 0.6 is 0 Å². The number of rotatable bonds is 4. The highest BCUT2D eigenvalue weighted by Crippen LogP contribution is 2.08. The Balaban J connectivity index is 4.37. The minimum absolute atomic E-state index is 0.591. The first-order valence-corrected chi connectivity index (χ1v) is 5.21. The van der Waals surface area contributed by atoms with E-state index in [2.05, 4.69) is 52.6 Å². The lowest BCUT2D eigenvalue weighted by atomic mass is 10.0. The van der Waals surface area contributed by atoms with Crippen molar-refractivity contribution in [2.75, 3.05) is 0 Å². The van der Waals surface area contributed by atoms with Gasteiger partial charge in [-0.05, 0) is 32.1 Å². The molecular formula is C12H23N. The fourth-order valence-corrected chi connectivity index (χ4v) is 1.20. The molecule has 0 aromatic heterocycles. The summed E-state index contributed by atoms with van der Waals surface area (Å²) in [7, 11) is 0. The summed E-state index contributed by atoms with van der Waals surface area (Å²) < 4.78 is 0. The Morgan fingerprint density at radius 1 is 1.23 bits per heavy atom. The third kappa shape index (κ3) is 5.62. The summed E-state index contributed by atoms with van der Waals surface area (Å²) in [5.41, 5.74) is 2.39. The van der Waals surface area contributed by atoms with Gasteiger partial charge < -0.3 is 0 Å². The molecule has 1 atom stereocenters. The minimum atomic E-state index is 0.591. The fraction of sp³-hybridized carbons (Fsp3) is 0.750. The van der Waals surface area contributed by atoms with Crippen LogP contribution in [0.4, 0.5) is 0 Å². The summed E-state index contributed by atoms with van der Waals surface area (Å²) in [6.07, 6.45) is 3.37. The average molecular weight is 181 g/mol. The van der Waals surface area contributed by atoms with Gasteiger partial charge in [-0.15, -0.1) is 0 Å². The highest BCUT2D eigenvalue weighted by atomic mass is 14.7. The van der Waals surface area contributed by atoms with E-state index < -0.39 is 0 Å². The summed E-state index contributed by atoms with van der Waals surface area (Å²) >= 11 is 0. The van der Waals surface area contributed by atoms with Crippen molar-refractivity contribution in [3.05, 3.63) is 11.8 Å². The highest BCUT2D eigenvalue weighted by Gasteiger charge is 2.01. The number of allylic oxidation sites excluding steroid dienone is 2. The van der Waals surface area contributed by atoms with Crippen molar-refractivity contribution >= 4 is 5.71 Å². The van der Waals surface area contributed by atoms with E-state index in [1.807, 2.05) is 0 Å². The third-order valence-electron chi connectivity index (χ3n) is 2.25. The van der Waals surface area contributed by atoms with E-state index in [1.165, 1.54) is 12.1 Å². The molecule has 0 heterocycles. The summed E-state index contributed by atoms with van der Waals surface area (Å²) in [4.78, 5) is 4.57. The predicted octanol–water partition coefficient (Wildman–Crippen LogP) is 4.05. The Bertz CT molecular complexity index is 199. The van der Waals surface area contributed by atoms with Gasteiger partial charge in [-0.2, -0.15) is 0 Å². The van der Waals surface area contributed by atoms with Crippen LogP contribution < -0.4 is 0 Å². The Morgan fingerprint density at radius 3 is 2.15 bits per heavy atom. The highest BCUT2D eigenvalue weighted by molar-refractivity contribution is 5.84. The summed E-state index contributed by atoms with van der Waals surface area (Å²) in [5, 5.41) is 0. The number of aliphatic imine (C=N–C) groups is 1. The molecule has 0 aliphatic rings. The molecule has 1 heteroatoms. The van der Waals surface area contributed by atoms with E-state index in [0.717, 1.165) is 5.70 Å². The molecule has 0 amide bonds. The third-order valence-corrected chi connectivity index (χ3v) is 2.25. The molecule has 0 saturated carbocycles. The van der Waals surface area contributed by atoms with Crippen molar-refractivity contribution in [3.63, 3.8) is 0 Å². The van der Waals surface area contributed by atoms with Gasteiger partial charge >= 0.3 is 0 Å². The first-order valence-electron chi connectivity index (χ1n) is 5.21. The molecule has 0 fully saturated rings. The van der Waals surface area contributed by atoms with Crippen LogP contribution in [-0.2, 0) is 0 Å². The Labute approximate surface area is 83.0 Å². The van der Waals surface area contributed by atoms with E-state index in [4.69, 9.17) is 0 Å².